The van der Waals surface area contributed by atoms with Crippen molar-refractivity contribution in [1.82, 2.24) is 9.88 Å². The number of hydrogen-bond donors (Lipinski definition) is 1. The second kappa shape index (κ2) is 4.53. The van der Waals surface area contributed by atoms with Gasteiger partial charge in [0.2, 0.25) is 5.91 Å². The molecule has 98 valence electrons. The molecule has 4 nitrogen and oxygen atoms in total. The molecule has 2 heterocycles. The van der Waals surface area contributed by atoms with Crippen LogP contribution < -0.4 is 10.9 Å². The van der Waals surface area contributed by atoms with Crippen molar-refractivity contribution < 1.29 is 4.79 Å². The first-order chi connectivity index (χ1) is 9.16. The summed E-state index contributed by atoms with van der Waals surface area (Å²) in [5.41, 5.74) is 0.971. The number of rotatable bonds is 1. The van der Waals surface area contributed by atoms with Crippen LogP contribution in [0, 0.1) is 6.92 Å². The van der Waals surface area contributed by atoms with Gasteiger partial charge in [0, 0.05) is 18.1 Å². The number of hydrogen-bond acceptors (Lipinski definition) is 2. The van der Waals surface area contributed by atoms with Gasteiger partial charge >= 0.3 is 0 Å². The first-order valence-electron chi connectivity index (χ1n) is 6.56. The average Bonchev–Trinajstić information content (AvgIpc) is 2.41. The number of carbonyl (C=O) groups excluding carboxylic acids is 1. The van der Waals surface area contributed by atoms with E-state index < -0.39 is 0 Å². The third-order valence-electron chi connectivity index (χ3n) is 3.68. The third-order valence-corrected chi connectivity index (χ3v) is 3.68. The van der Waals surface area contributed by atoms with Crippen molar-refractivity contribution in [3.8, 4) is 0 Å². The van der Waals surface area contributed by atoms with E-state index in [1.165, 1.54) is 0 Å². The van der Waals surface area contributed by atoms with Crippen molar-refractivity contribution in [1.29, 1.82) is 0 Å². The summed E-state index contributed by atoms with van der Waals surface area (Å²) < 4.78 is 1.57. The minimum Gasteiger partial charge on any atom is -0.354 e. The highest BCUT2D eigenvalue weighted by molar-refractivity contribution is 5.84. The fourth-order valence-corrected chi connectivity index (χ4v) is 2.63. The Bertz CT molecular complexity index is 703. The van der Waals surface area contributed by atoms with Gasteiger partial charge in [-0.1, -0.05) is 17.7 Å². The number of benzene rings is 1. The minimum atomic E-state index is -0.369. The van der Waals surface area contributed by atoms with E-state index in [9.17, 15) is 9.59 Å². The van der Waals surface area contributed by atoms with Gasteiger partial charge in [-0.15, -0.1) is 0 Å². The fraction of sp³-hybridized carbons (Fsp3) is 0.333. The molecular formula is C15H16N2O2. The molecule has 1 unspecified atom stereocenters. The van der Waals surface area contributed by atoms with Crippen LogP contribution in [0.25, 0.3) is 10.8 Å². The van der Waals surface area contributed by atoms with Crippen LogP contribution in [-0.4, -0.2) is 17.0 Å². The lowest BCUT2D eigenvalue weighted by atomic mass is 10.0. The number of nitrogens with zero attached hydrogens (tertiary/aromatic N) is 1. The molecule has 1 aromatic carbocycles. The molecule has 19 heavy (non-hydrogen) atoms. The van der Waals surface area contributed by atoms with Gasteiger partial charge in [-0.05, 0) is 37.3 Å². The summed E-state index contributed by atoms with van der Waals surface area (Å²) in [6.07, 6.45) is 3.37. The van der Waals surface area contributed by atoms with Crippen LogP contribution in [0.15, 0.2) is 35.3 Å². The van der Waals surface area contributed by atoms with E-state index in [2.05, 4.69) is 5.32 Å². The van der Waals surface area contributed by atoms with Gasteiger partial charge in [0.1, 0.15) is 6.04 Å². The third kappa shape index (κ3) is 2.03. The second-order valence-electron chi connectivity index (χ2n) is 5.07. The van der Waals surface area contributed by atoms with Crippen LogP contribution >= 0.6 is 0 Å². The maximum Gasteiger partial charge on any atom is 0.259 e. The Kier molecular flexibility index (Phi) is 2.85. The molecule has 3 rings (SSSR count). The highest BCUT2D eigenvalue weighted by Crippen LogP contribution is 2.18. The van der Waals surface area contributed by atoms with Crippen LogP contribution in [0.3, 0.4) is 0 Å². The Balaban J connectivity index is 2.17. The largest absolute Gasteiger partial charge is 0.354 e. The number of nitrogens with one attached hydrogen (secondary N) is 1. The van der Waals surface area contributed by atoms with E-state index in [0.717, 1.165) is 23.8 Å². The van der Waals surface area contributed by atoms with E-state index in [4.69, 9.17) is 0 Å². The van der Waals surface area contributed by atoms with Gasteiger partial charge in [0.25, 0.3) is 5.56 Å². The van der Waals surface area contributed by atoms with Crippen molar-refractivity contribution in [2.24, 2.45) is 0 Å². The van der Waals surface area contributed by atoms with E-state index in [1.807, 2.05) is 31.2 Å². The zero-order valence-electron chi connectivity index (χ0n) is 10.8. The van der Waals surface area contributed by atoms with Crippen LogP contribution in [0.1, 0.15) is 24.4 Å². The lowest BCUT2D eigenvalue weighted by molar-refractivity contribution is -0.125. The number of aryl methyl sites for hydroxylation is 1. The molecule has 0 spiro atoms. The molecule has 0 saturated carbocycles. The van der Waals surface area contributed by atoms with Gasteiger partial charge in [-0.3, -0.25) is 9.59 Å². The number of piperidine rings is 1. The first kappa shape index (κ1) is 12.0. The Hall–Kier alpha value is -2.10. The molecule has 0 radical (unpaired) electrons. The molecule has 1 amide bonds. The summed E-state index contributed by atoms with van der Waals surface area (Å²) in [4.78, 5) is 24.4. The Morgan fingerprint density at radius 2 is 2.11 bits per heavy atom. The topological polar surface area (TPSA) is 51.1 Å². The van der Waals surface area contributed by atoms with Gasteiger partial charge in [-0.2, -0.15) is 0 Å². The van der Waals surface area contributed by atoms with Gasteiger partial charge in [-0.25, -0.2) is 0 Å². The van der Waals surface area contributed by atoms with Crippen LogP contribution in [0.2, 0.25) is 0 Å². The average molecular weight is 256 g/mol. The number of fused-ring (bicyclic) bond motifs is 1. The lowest BCUT2D eigenvalue weighted by Crippen LogP contribution is -2.41. The van der Waals surface area contributed by atoms with Crippen molar-refractivity contribution in [2.45, 2.75) is 25.8 Å². The predicted molar refractivity (Wildman–Crippen MR) is 74.2 cm³/mol. The summed E-state index contributed by atoms with van der Waals surface area (Å²) >= 11 is 0. The predicted octanol–water partition coefficient (Wildman–Crippen LogP) is 1.76. The Labute approximate surface area is 111 Å². The Morgan fingerprint density at radius 3 is 2.89 bits per heavy atom. The number of pyridine rings is 1. The van der Waals surface area contributed by atoms with Crippen molar-refractivity contribution in [3.63, 3.8) is 0 Å². The van der Waals surface area contributed by atoms with Crippen LogP contribution in [-0.2, 0) is 4.79 Å². The van der Waals surface area contributed by atoms with Crippen molar-refractivity contribution in [2.75, 3.05) is 6.54 Å². The molecule has 2 aromatic rings. The van der Waals surface area contributed by atoms with Gasteiger partial charge < -0.3 is 9.88 Å². The Morgan fingerprint density at radius 1 is 1.26 bits per heavy atom. The highest BCUT2D eigenvalue weighted by Gasteiger charge is 2.24. The monoisotopic (exact) mass is 256 g/mol. The molecule has 4 heteroatoms. The van der Waals surface area contributed by atoms with E-state index >= 15 is 0 Å². The quantitative estimate of drug-likeness (QED) is 0.845. The minimum absolute atomic E-state index is 0.0552. The summed E-state index contributed by atoms with van der Waals surface area (Å²) in [6.45, 7) is 2.67. The smallest absolute Gasteiger partial charge is 0.259 e. The van der Waals surface area contributed by atoms with E-state index in [1.54, 1.807) is 10.8 Å². The zero-order chi connectivity index (χ0) is 13.4. The molecule has 1 aliphatic heterocycles. The van der Waals surface area contributed by atoms with Crippen molar-refractivity contribution >= 4 is 16.7 Å². The molecule has 1 N–H and O–H groups in total. The SMILES string of the molecule is Cc1ccc2ccn(C3CCCNC3=O)c(=O)c2c1. The maximum atomic E-state index is 12.5. The number of carbonyl (C=O) groups is 1. The summed E-state index contributed by atoms with van der Waals surface area (Å²) in [7, 11) is 0. The van der Waals surface area contributed by atoms with Crippen LogP contribution in [0.4, 0.5) is 0 Å². The zero-order valence-corrected chi connectivity index (χ0v) is 10.8. The summed E-state index contributed by atoms with van der Waals surface area (Å²) in [5.74, 6) is -0.0552. The number of aromatic nitrogens is 1. The van der Waals surface area contributed by atoms with E-state index in [0.29, 0.717) is 11.9 Å². The lowest BCUT2D eigenvalue weighted by Gasteiger charge is -2.24. The maximum absolute atomic E-state index is 12.5. The highest BCUT2D eigenvalue weighted by atomic mass is 16.2. The normalized spacial score (nSPS) is 19.4. The standard InChI is InChI=1S/C15H16N2O2/c1-10-4-5-11-6-8-17(15(19)12(11)9-10)13-3-2-7-16-14(13)18/h4-6,8-9,13H,2-3,7H2,1H3,(H,16,18). The molecule has 0 aliphatic carbocycles. The molecule has 1 aliphatic rings. The molecule has 0 bridgehead atoms. The van der Waals surface area contributed by atoms with Gasteiger partial charge in [0.05, 0.1) is 0 Å². The summed E-state index contributed by atoms with van der Waals surface area (Å²) in [5, 5.41) is 4.42. The van der Waals surface area contributed by atoms with Crippen LogP contribution in [0.5, 0.6) is 0 Å². The second-order valence-corrected chi connectivity index (χ2v) is 5.07. The van der Waals surface area contributed by atoms with Crippen molar-refractivity contribution in [3.05, 3.63) is 46.4 Å². The molecule has 1 aromatic heterocycles. The summed E-state index contributed by atoms with van der Waals surface area (Å²) in [6, 6.07) is 7.34. The number of amides is 1. The fourth-order valence-electron chi connectivity index (χ4n) is 2.63. The molecule has 1 fully saturated rings. The van der Waals surface area contributed by atoms with E-state index in [-0.39, 0.29) is 17.5 Å². The molecule has 1 saturated heterocycles. The molecular weight excluding hydrogens is 240 g/mol. The first-order valence-corrected chi connectivity index (χ1v) is 6.56. The molecule has 1 atom stereocenters. The van der Waals surface area contributed by atoms with Gasteiger partial charge in [0.15, 0.2) is 0 Å².